The summed E-state index contributed by atoms with van der Waals surface area (Å²) in [6, 6.07) is 9.65. The molecule has 0 radical (unpaired) electrons. The topological polar surface area (TPSA) is 63.0 Å². The van der Waals surface area contributed by atoms with Crippen molar-refractivity contribution in [1.29, 1.82) is 0 Å². The number of aromatic amines is 1. The van der Waals surface area contributed by atoms with Gasteiger partial charge in [0, 0.05) is 23.2 Å². The summed E-state index contributed by atoms with van der Waals surface area (Å²) in [6.45, 7) is 1.85. The number of hydrogen-bond donors (Lipinski definition) is 1. The number of nitrogens with zero attached hydrogens (tertiary/aromatic N) is 3. The van der Waals surface area contributed by atoms with E-state index in [9.17, 15) is 9.18 Å². The van der Waals surface area contributed by atoms with Crippen molar-refractivity contribution in [2.24, 2.45) is 0 Å². The van der Waals surface area contributed by atoms with Crippen molar-refractivity contribution in [1.82, 2.24) is 19.6 Å². The van der Waals surface area contributed by atoms with Gasteiger partial charge in [0.25, 0.3) is 5.56 Å². The highest BCUT2D eigenvalue weighted by Gasteiger charge is 2.12. The molecule has 0 aliphatic carbocycles. The molecule has 3 heterocycles. The quantitative estimate of drug-likeness (QED) is 0.587. The molecule has 1 N–H and O–H groups in total. The monoisotopic (exact) mass is 294 g/mol. The number of halogens is 1. The van der Waals surface area contributed by atoms with Gasteiger partial charge in [0.2, 0.25) is 0 Å². The van der Waals surface area contributed by atoms with Crippen LogP contribution in [0.1, 0.15) is 5.69 Å². The van der Waals surface area contributed by atoms with Crippen LogP contribution in [0.15, 0.2) is 47.4 Å². The Hall–Kier alpha value is -3.02. The van der Waals surface area contributed by atoms with Gasteiger partial charge in [0.1, 0.15) is 11.5 Å². The molecule has 4 rings (SSSR count). The fourth-order valence-electron chi connectivity index (χ4n) is 2.57. The van der Waals surface area contributed by atoms with Gasteiger partial charge >= 0.3 is 0 Å². The Morgan fingerprint density at radius 3 is 2.82 bits per heavy atom. The van der Waals surface area contributed by atoms with Crippen LogP contribution in [0.2, 0.25) is 0 Å². The van der Waals surface area contributed by atoms with Crippen LogP contribution in [0.5, 0.6) is 0 Å². The number of nitrogens with one attached hydrogen (secondary N) is 1. The van der Waals surface area contributed by atoms with Crippen LogP contribution < -0.4 is 5.56 Å². The number of hydrogen-bond acceptors (Lipinski definition) is 3. The number of aromatic nitrogens is 4. The minimum atomic E-state index is -0.434. The molecule has 0 spiro atoms. The molecule has 0 bridgehead atoms. The zero-order chi connectivity index (χ0) is 15.3. The summed E-state index contributed by atoms with van der Waals surface area (Å²) in [6.07, 6.45) is 1.64. The summed E-state index contributed by atoms with van der Waals surface area (Å²) in [5, 5.41) is 5.00. The van der Waals surface area contributed by atoms with E-state index in [0.717, 1.165) is 5.69 Å². The van der Waals surface area contributed by atoms with Crippen LogP contribution in [0.25, 0.3) is 27.8 Å². The van der Waals surface area contributed by atoms with Gasteiger partial charge < -0.3 is 4.98 Å². The van der Waals surface area contributed by atoms with Gasteiger partial charge in [-0.2, -0.15) is 9.61 Å². The number of rotatable bonds is 1. The van der Waals surface area contributed by atoms with E-state index >= 15 is 0 Å². The summed E-state index contributed by atoms with van der Waals surface area (Å²) in [7, 11) is 0. The third-order valence-electron chi connectivity index (χ3n) is 3.57. The van der Waals surface area contributed by atoms with E-state index < -0.39 is 5.82 Å². The Morgan fingerprint density at radius 2 is 2.00 bits per heavy atom. The van der Waals surface area contributed by atoms with Crippen LogP contribution >= 0.6 is 0 Å². The number of pyridine rings is 1. The molecular weight excluding hydrogens is 283 g/mol. The maximum absolute atomic E-state index is 13.9. The average molecular weight is 294 g/mol. The molecule has 0 fully saturated rings. The summed E-state index contributed by atoms with van der Waals surface area (Å²) < 4.78 is 15.5. The summed E-state index contributed by atoms with van der Waals surface area (Å²) in [5.74, 6) is -0.434. The van der Waals surface area contributed by atoms with E-state index in [1.54, 1.807) is 35.0 Å². The van der Waals surface area contributed by atoms with Crippen molar-refractivity contribution in [3.63, 3.8) is 0 Å². The van der Waals surface area contributed by atoms with E-state index in [0.29, 0.717) is 16.7 Å². The third-order valence-corrected chi connectivity index (χ3v) is 3.57. The smallest absolute Gasteiger partial charge is 0.257 e. The Balaban J connectivity index is 2.07. The summed E-state index contributed by atoms with van der Waals surface area (Å²) in [5.41, 5.74) is 2.18. The van der Waals surface area contributed by atoms with Crippen molar-refractivity contribution < 1.29 is 4.39 Å². The first-order chi connectivity index (χ1) is 10.6. The first kappa shape index (κ1) is 12.7. The van der Waals surface area contributed by atoms with Crippen LogP contribution in [0, 0.1) is 12.7 Å². The average Bonchev–Trinajstić information content (AvgIpc) is 2.88. The van der Waals surface area contributed by atoms with Gasteiger partial charge in [-0.1, -0.05) is 18.2 Å². The third kappa shape index (κ3) is 1.81. The van der Waals surface area contributed by atoms with Crippen molar-refractivity contribution in [2.45, 2.75) is 6.92 Å². The maximum Gasteiger partial charge on any atom is 0.257 e. The van der Waals surface area contributed by atoms with Gasteiger partial charge in [-0.05, 0) is 19.1 Å². The van der Waals surface area contributed by atoms with Gasteiger partial charge in [-0.15, -0.1) is 0 Å². The molecule has 0 aliphatic rings. The maximum atomic E-state index is 13.9. The molecule has 108 valence electrons. The van der Waals surface area contributed by atoms with E-state index in [4.69, 9.17) is 0 Å². The number of benzene rings is 1. The predicted octanol–water partition coefficient (Wildman–Crippen LogP) is 2.69. The van der Waals surface area contributed by atoms with Crippen LogP contribution in [0.3, 0.4) is 0 Å². The first-order valence-electron chi connectivity index (χ1n) is 6.77. The van der Waals surface area contributed by atoms with Crippen molar-refractivity contribution in [3.05, 3.63) is 64.5 Å². The van der Waals surface area contributed by atoms with Crippen LogP contribution in [-0.4, -0.2) is 19.6 Å². The van der Waals surface area contributed by atoms with E-state index in [2.05, 4.69) is 15.1 Å². The highest BCUT2D eigenvalue weighted by Crippen LogP contribution is 2.22. The predicted molar refractivity (Wildman–Crippen MR) is 81.2 cm³/mol. The van der Waals surface area contributed by atoms with Gasteiger partial charge in [-0.3, -0.25) is 4.79 Å². The molecule has 3 aromatic heterocycles. The lowest BCUT2D eigenvalue weighted by atomic mass is 10.1. The molecule has 4 aromatic rings. The summed E-state index contributed by atoms with van der Waals surface area (Å²) in [4.78, 5) is 19.4. The van der Waals surface area contributed by atoms with E-state index in [-0.39, 0.29) is 16.7 Å². The number of H-pyrrole nitrogens is 1. The second-order valence-electron chi connectivity index (χ2n) is 5.11. The SMILES string of the molecule is Cc1cc2ncc3cc(-c4ccccc4F)c(=O)[nH]c3n2n1. The zero-order valence-corrected chi connectivity index (χ0v) is 11.7. The zero-order valence-electron chi connectivity index (χ0n) is 11.7. The van der Waals surface area contributed by atoms with Crippen LogP contribution in [0.4, 0.5) is 4.39 Å². The molecule has 6 heteroatoms. The number of fused-ring (bicyclic) bond motifs is 3. The molecular formula is C16H11FN4O. The van der Waals surface area contributed by atoms with E-state index in [1.807, 2.05) is 13.0 Å². The largest absolute Gasteiger partial charge is 0.306 e. The Morgan fingerprint density at radius 1 is 1.18 bits per heavy atom. The van der Waals surface area contributed by atoms with Crippen molar-refractivity contribution >= 4 is 16.7 Å². The molecule has 0 aliphatic heterocycles. The second-order valence-corrected chi connectivity index (χ2v) is 5.11. The molecule has 0 unspecified atom stereocenters. The molecule has 0 saturated carbocycles. The standard InChI is InChI=1S/C16H11FN4O/c1-9-6-14-18-8-10-7-12(11-4-2-3-5-13(11)17)16(22)19-15(10)21(14)20-9/h2-8H,1H3,(H,19,22). The molecule has 0 amide bonds. The summed E-state index contributed by atoms with van der Waals surface area (Å²) >= 11 is 0. The first-order valence-corrected chi connectivity index (χ1v) is 6.77. The lowest BCUT2D eigenvalue weighted by molar-refractivity contribution is 0.631. The highest BCUT2D eigenvalue weighted by atomic mass is 19.1. The van der Waals surface area contributed by atoms with Crippen molar-refractivity contribution in [3.8, 4) is 11.1 Å². The second kappa shape index (κ2) is 4.49. The molecule has 22 heavy (non-hydrogen) atoms. The minimum absolute atomic E-state index is 0.266. The highest BCUT2D eigenvalue weighted by molar-refractivity contribution is 5.82. The van der Waals surface area contributed by atoms with Crippen LogP contribution in [-0.2, 0) is 0 Å². The van der Waals surface area contributed by atoms with Crippen molar-refractivity contribution in [2.75, 3.05) is 0 Å². The molecule has 5 nitrogen and oxygen atoms in total. The van der Waals surface area contributed by atoms with Gasteiger partial charge in [0.15, 0.2) is 5.65 Å². The number of aryl methyl sites for hydroxylation is 1. The minimum Gasteiger partial charge on any atom is -0.306 e. The fourth-order valence-corrected chi connectivity index (χ4v) is 2.57. The molecule has 0 atom stereocenters. The Bertz CT molecular complexity index is 1080. The Labute approximate surface area is 124 Å². The molecule has 0 saturated heterocycles. The van der Waals surface area contributed by atoms with Gasteiger partial charge in [0.05, 0.1) is 11.3 Å². The van der Waals surface area contributed by atoms with Gasteiger partial charge in [-0.25, -0.2) is 9.37 Å². The lowest BCUT2D eigenvalue weighted by Gasteiger charge is -2.05. The Kier molecular flexibility index (Phi) is 2.59. The van der Waals surface area contributed by atoms with E-state index in [1.165, 1.54) is 6.07 Å². The fraction of sp³-hybridized carbons (Fsp3) is 0.0625. The lowest BCUT2D eigenvalue weighted by Crippen LogP contribution is -2.12. The normalized spacial score (nSPS) is 11.4. The molecule has 1 aromatic carbocycles.